The van der Waals surface area contributed by atoms with Crippen LogP contribution in [0.4, 0.5) is 60.5 Å². The third-order valence-electron chi connectivity index (χ3n) is 17.5. The molecule has 6 amide bonds. The van der Waals surface area contributed by atoms with Crippen molar-refractivity contribution in [3.05, 3.63) is 145 Å². The highest BCUT2D eigenvalue weighted by Crippen LogP contribution is 2.61. The Morgan fingerprint density at radius 2 is 0.523 bits per heavy atom. The first-order valence-corrected chi connectivity index (χ1v) is 29.3. The van der Waals surface area contributed by atoms with Crippen LogP contribution in [0, 0.1) is 0 Å². The van der Waals surface area contributed by atoms with Gasteiger partial charge in [0.1, 0.15) is 0 Å². The fraction of sp³-hybridized carbons (Fsp3) is 0.294. The zero-order valence-electron chi connectivity index (χ0n) is 46.8. The molecule has 0 radical (unpaired) electrons. The van der Waals surface area contributed by atoms with E-state index >= 15 is 26.3 Å². The number of hydrogen-bond donors (Lipinski definition) is 0. The van der Waals surface area contributed by atoms with E-state index in [1.807, 2.05) is 0 Å². The van der Waals surface area contributed by atoms with Crippen molar-refractivity contribution < 1.29 is 55.1 Å². The summed E-state index contributed by atoms with van der Waals surface area (Å²) in [6.45, 7) is 1.13. The maximum absolute atomic E-state index is 18.2. The quantitative estimate of drug-likeness (QED) is 0.112. The summed E-state index contributed by atoms with van der Waals surface area (Å²) in [6.07, 6.45) is -7.83. The Morgan fingerprint density at radius 3 is 0.779 bits per heavy atom. The number of amides is 6. The van der Waals surface area contributed by atoms with Gasteiger partial charge < -0.3 is 29.4 Å². The predicted molar refractivity (Wildman–Crippen MR) is 319 cm³/mol. The number of para-hydroxylation sites is 2. The van der Waals surface area contributed by atoms with Gasteiger partial charge in [0.2, 0.25) is 35.4 Å². The van der Waals surface area contributed by atoms with Crippen LogP contribution in [0.3, 0.4) is 0 Å². The number of alkyl halides is 6. The number of carbonyl (C=O) groups excluding carboxylic acids is 6. The van der Waals surface area contributed by atoms with Gasteiger partial charge in [-0.05, 0) is 120 Å². The molecule has 0 saturated carbocycles. The lowest BCUT2D eigenvalue weighted by molar-refractivity contribution is -0.139. The minimum absolute atomic E-state index is 0.0616. The van der Waals surface area contributed by atoms with E-state index in [1.165, 1.54) is 102 Å². The molecule has 12 nitrogen and oxygen atoms in total. The van der Waals surface area contributed by atoms with Crippen LogP contribution >= 0.6 is 0 Å². The molecule has 6 fully saturated rings. The Balaban J connectivity index is 1.27. The minimum Gasteiger partial charge on any atom is -0.312 e. The van der Waals surface area contributed by atoms with Gasteiger partial charge in [-0.1, -0.05) is 84.9 Å². The molecule has 6 saturated heterocycles. The predicted octanol–water partition coefficient (Wildman–Crippen LogP) is 14.5. The average Bonchev–Trinajstić information content (AvgIpc) is 0.925. The minimum atomic E-state index is -5.57. The lowest BCUT2D eigenvalue weighted by atomic mass is 9.74. The highest BCUT2D eigenvalue weighted by molar-refractivity contribution is 6.12. The Hall–Kier alpha value is -9.06. The third-order valence-corrected chi connectivity index (χ3v) is 17.5. The Labute approximate surface area is 492 Å². The molecule has 6 aliphatic rings. The zero-order chi connectivity index (χ0) is 59.8. The lowest BCUT2D eigenvalue weighted by Gasteiger charge is -2.33. The van der Waals surface area contributed by atoms with Crippen molar-refractivity contribution >= 4 is 69.6 Å². The largest absolute Gasteiger partial charge is 0.417 e. The zero-order valence-corrected chi connectivity index (χ0v) is 46.8. The van der Waals surface area contributed by atoms with Crippen molar-refractivity contribution in [2.24, 2.45) is 0 Å². The second kappa shape index (κ2) is 22.1. The highest BCUT2D eigenvalue weighted by atomic mass is 19.4. The van der Waals surface area contributed by atoms with Crippen LogP contribution in [0.5, 0.6) is 0 Å². The molecule has 438 valence electrons. The van der Waals surface area contributed by atoms with Gasteiger partial charge in [0.15, 0.2) is 0 Å². The molecule has 0 unspecified atom stereocenters. The topological polar surface area (TPSA) is 122 Å². The number of nitrogens with zero attached hydrogens (tertiary/aromatic N) is 6. The first-order valence-electron chi connectivity index (χ1n) is 29.3. The van der Waals surface area contributed by atoms with Gasteiger partial charge in [-0.25, -0.2) is 0 Å². The van der Waals surface area contributed by atoms with Crippen molar-refractivity contribution in [1.82, 2.24) is 0 Å². The van der Waals surface area contributed by atoms with Crippen molar-refractivity contribution in [2.75, 3.05) is 68.7 Å². The molecule has 7 aromatic rings. The van der Waals surface area contributed by atoms with Gasteiger partial charge >= 0.3 is 12.4 Å². The summed E-state index contributed by atoms with van der Waals surface area (Å²) in [5, 5.41) is 0. The van der Waals surface area contributed by atoms with Gasteiger partial charge in [0.05, 0.1) is 22.5 Å². The van der Waals surface area contributed by atoms with E-state index in [4.69, 9.17) is 0 Å². The summed E-state index contributed by atoms with van der Waals surface area (Å²) in [6, 6.07) is 33.3. The summed E-state index contributed by atoms with van der Waals surface area (Å²) in [7, 11) is 0. The van der Waals surface area contributed by atoms with E-state index in [2.05, 4.69) is 0 Å². The Bertz CT molecular complexity index is 3650. The maximum Gasteiger partial charge on any atom is 0.417 e. The number of halogens is 6. The van der Waals surface area contributed by atoms with Gasteiger partial charge in [-0.15, -0.1) is 0 Å². The highest BCUT2D eigenvalue weighted by Gasteiger charge is 2.49. The average molecular weight is 1170 g/mol. The van der Waals surface area contributed by atoms with Crippen LogP contribution in [0.15, 0.2) is 133 Å². The summed E-state index contributed by atoms with van der Waals surface area (Å²) >= 11 is 0. The fourth-order valence-electron chi connectivity index (χ4n) is 13.8. The second-order valence-corrected chi connectivity index (χ2v) is 22.7. The number of carbonyl (C=O) groups is 6. The second-order valence-electron chi connectivity index (χ2n) is 22.7. The monoisotopic (exact) mass is 1170 g/mol. The van der Waals surface area contributed by atoms with Crippen molar-refractivity contribution in [3.8, 4) is 66.8 Å². The normalized spacial score (nSPS) is 17.7. The molecule has 0 aromatic heterocycles. The molecule has 18 heteroatoms. The van der Waals surface area contributed by atoms with Crippen LogP contribution < -0.4 is 29.4 Å². The molecule has 6 aliphatic heterocycles. The summed E-state index contributed by atoms with van der Waals surface area (Å²) in [5.74, 6) is -1.95. The van der Waals surface area contributed by atoms with Gasteiger partial charge in [0.25, 0.3) is 0 Å². The summed E-state index contributed by atoms with van der Waals surface area (Å²) in [5.41, 5.74) is -6.31. The summed E-state index contributed by atoms with van der Waals surface area (Å²) in [4.78, 5) is 91.3. The SMILES string of the molecule is O=C1CCCN1c1cc(-c2c(-c3ccccc3-c3ccccc3N3CCCC3=O)c(C(F)(F)F)c(-c3cc(N4CCCC4=O)cc(N4CCCC4=O)c3)c(-c3ccccc3-c3ccccc3N3CCCC3=O)c2C(F)(F)F)cc(N2CCCC2=O)c1. The van der Waals surface area contributed by atoms with E-state index in [1.54, 1.807) is 60.7 Å². The van der Waals surface area contributed by atoms with E-state index in [0.717, 1.165) is 0 Å². The van der Waals surface area contributed by atoms with Crippen LogP contribution in [-0.2, 0) is 41.1 Å². The molecule has 0 aliphatic carbocycles. The number of rotatable bonds is 12. The van der Waals surface area contributed by atoms with Crippen LogP contribution in [0.25, 0.3) is 66.8 Å². The van der Waals surface area contributed by atoms with Gasteiger partial charge in [0, 0.05) is 134 Å². The van der Waals surface area contributed by atoms with Crippen molar-refractivity contribution in [2.45, 2.75) is 89.4 Å². The van der Waals surface area contributed by atoms with Crippen LogP contribution in [-0.4, -0.2) is 74.7 Å². The van der Waals surface area contributed by atoms with E-state index in [0.29, 0.717) is 49.9 Å². The third kappa shape index (κ3) is 9.95. The Kier molecular flexibility index (Phi) is 14.4. The fourth-order valence-corrected chi connectivity index (χ4v) is 13.8. The lowest BCUT2D eigenvalue weighted by Crippen LogP contribution is -2.27. The molecule has 86 heavy (non-hydrogen) atoms. The van der Waals surface area contributed by atoms with Crippen molar-refractivity contribution in [1.29, 1.82) is 0 Å². The number of anilines is 6. The molecule has 0 bridgehead atoms. The first-order chi connectivity index (χ1) is 41.4. The number of hydrogen-bond acceptors (Lipinski definition) is 6. The molecule has 0 spiro atoms. The molecular formula is C68H58F6N6O6. The van der Waals surface area contributed by atoms with E-state index < -0.39 is 45.7 Å². The standard InChI is InChI=1S/C68H58F6N6O6/c69-67(70,71)65-62(42-37-45(77-31-11-25-57(77)83)40-46(38-42)78-32-12-26-58(78)84)64(52-20-4-2-16-48(52)50-18-6-8-22-54(50)80-34-14-28-60(80)86)66(68(72,73)74)61(41-35-43(75-29-9-23-55(75)81)39-44(36-41)76-30-10-24-56(76)82)63(65)51-19-3-1-15-47(51)49-17-5-7-21-53(49)79-33-13-27-59(79)85/h1-8,15-22,35-40H,9-14,23-34H2. The molecular weight excluding hydrogens is 1110 g/mol. The molecule has 7 aromatic carbocycles. The first kappa shape index (κ1) is 56.1. The molecule has 13 rings (SSSR count). The van der Waals surface area contributed by atoms with E-state index in [9.17, 15) is 28.8 Å². The van der Waals surface area contributed by atoms with Gasteiger partial charge in [-0.2, -0.15) is 26.3 Å². The Morgan fingerprint density at radius 1 is 0.279 bits per heavy atom. The van der Waals surface area contributed by atoms with Crippen molar-refractivity contribution in [3.63, 3.8) is 0 Å². The summed E-state index contributed by atoms with van der Waals surface area (Å²) < 4.78 is 109. The van der Waals surface area contributed by atoms with Crippen LogP contribution in [0.1, 0.15) is 88.2 Å². The van der Waals surface area contributed by atoms with Gasteiger partial charge in [-0.3, -0.25) is 28.8 Å². The number of benzene rings is 7. The smallest absolute Gasteiger partial charge is 0.312 e. The molecule has 0 N–H and O–H groups in total. The van der Waals surface area contributed by atoms with E-state index in [-0.39, 0.29) is 180 Å². The molecule has 0 atom stereocenters. The van der Waals surface area contributed by atoms with Crippen LogP contribution in [0.2, 0.25) is 0 Å². The maximum atomic E-state index is 18.2. The molecule has 6 heterocycles.